The number of hydrogen-bond acceptors (Lipinski definition) is 5. The Morgan fingerprint density at radius 3 is 2.76 bits per heavy atom. The van der Waals surface area contributed by atoms with Crippen LogP contribution in [0, 0.1) is 0 Å². The van der Waals surface area contributed by atoms with Crippen LogP contribution in [0.3, 0.4) is 0 Å². The Morgan fingerprint density at radius 2 is 2.08 bits per heavy atom. The fourth-order valence-electron chi connectivity index (χ4n) is 3.87. The van der Waals surface area contributed by atoms with Crippen LogP contribution in [0.4, 0.5) is 0 Å². The van der Waals surface area contributed by atoms with Crippen molar-refractivity contribution < 1.29 is 14.2 Å². The van der Waals surface area contributed by atoms with Crippen LogP contribution in [0.25, 0.3) is 0 Å². The van der Waals surface area contributed by atoms with Gasteiger partial charge in [0.1, 0.15) is 5.75 Å². The Balaban J connectivity index is 1.71. The van der Waals surface area contributed by atoms with Crippen molar-refractivity contribution in [2.75, 3.05) is 53.2 Å². The SMILES string of the molecule is COc1ccc(Cl)cc1C(C)NCC1(N2CCOCC2)CCCOC1. The maximum Gasteiger partial charge on any atom is 0.123 e. The van der Waals surface area contributed by atoms with E-state index in [9.17, 15) is 0 Å². The number of nitrogens with one attached hydrogen (secondary N) is 1. The standard InChI is InChI=1S/C19H29ClN2O3/c1-15(17-12-16(20)4-5-18(17)23-2)21-13-19(6-3-9-25-14-19)22-7-10-24-11-8-22/h4-5,12,15,21H,3,6-11,13-14H2,1-2H3. The zero-order valence-corrected chi connectivity index (χ0v) is 16.0. The summed E-state index contributed by atoms with van der Waals surface area (Å²) < 4.78 is 16.9. The summed E-state index contributed by atoms with van der Waals surface area (Å²) in [5.41, 5.74) is 1.13. The van der Waals surface area contributed by atoms with Crippen LogP contribution in [0.5, 0.6) is 5.75 Å². The zero-order valence-electron chi connectivity index (χ0n) is 15.2. The van der Waals surface area contributed by atoms with Crippen molar-refractivity contribution in [2.24, 2.45) is 0 Å². The second-order valence-electron chi connectivity index (χ2n) is 6.97. The average Bonchev–Trinajstić information content (AvgIpc) is 2.67. The van der Waals surface area contributed by atoms with E-state index in [4.69, 9.17) is 25.8 Å². The molecule has 3 rings (SSSR count). The molecule has 1 aromatic rings. The van der Waals surface area contributed by atoms with Gasteiger partial charge >= 0.3 is 0 Å². The second kappa shape index (κ2) is 8.69. The molecule has 2 aliphatic heterocycles. The minimum Gasteiger partial charge on any atom is -0.496 e. The molecule has 2 unspecified atom stereocenters. The lowest BCUT2D eigenvalue weighted by Crippen LogP contribution is -2.62. The van der Waals surface area contributed by atoms with E-state index in [1.54, 1.807) is 7.11 Å². The minimum absolute atomic E-state index is 0.0438. The van der Waals surface area contributed by atoms with E-state index < -0.39 is 0 Å². The molecule has 0 amide bonds. The first-order valence-corrected chi connectivity index (χ1v) is 9.50. The molecule has 0 aromatic heterocycles. The van der Waals surface area contributed by atoms with Gasteiger partial charge in [-0.3, -0.25) is 4.90 Å². The van der Waals surface area contributed by atoms with Gasteiger partial charge in [0.15, 0.2) is 0 Å². The fraction of sp³-hybridized carbons (Fsp3) is 0.684. The number of ether oxygens (including phenoxy) is 3. The van der Waals surface area contributed by atoms with E-state index in [1.807, 2.05) is 18.2 Å². The summed E-state index contributed by atoms with van der Waals surface area (Å²) >= 11 is 6.19. The van der Waals surface area contributed by atoms with E-state index in [-0.39, 0.29) is 11.6 Å². The first-order chi connectivity index (χ1) is 12.1. The Bertz CT molecular complexity index is 558. The Hall–Kier alpha value is -0.850. The van der Waals surface area contributed by atoms with Crippen molar-refractivity contribution in [1.29, 1.82) is 0 Å². The number of halogens is 1. The van der Waals surface area contributed by atoms with Crippen molar-refractivity contribution in [2.45, 2.75) is 31.3 Å². The molecule has 1 N–H and O–H groups in total. The Labute approximate surface area is 155 Å². The van der Waals surface area contributed by atoms with Crippen LogP contribution >= 0.6 is 11.6 Å². The fourth-order valence-corrected chi connectivity index (χ4v) is 4.05. The van der Waals surface area contributed by atoms with Gasteiger partial charge < -0.3 is 19.5 Å². The molecular weight excluding hydrogens is 340 g/mol. The molecule has 0 bridgehead atoms. The summed E-state index contributed by atoms with van der Waals surface area (Å²) in [6.45, 7) is 8.23. The number of morpholine rings is 1. The molecule has 2 aliphatic rings. The molecular formula is C19H29ClN2O3. The van der Waals surface area contributed by atoms with Crippen LogP contribution in [0.2, 0.25) is 5.02 Å². The lowest BCUT2D eigenvalue weighted by molar-refractivity contribution is -0.0856. The molecule has 2 saturated heterocycles. The van der Waals surface area contributed by atoms with Crippen molar-refractivity contribution in [3.63, 3.8) is 0 Å². The highest BCUT2D eigenvalue weighted by Gasteiger charge is 2.39. The zero-order chi connectivity index (χ0) is 17.7. The quantitative estimate of drug-likeness (QED) is 0.836. The number of nitrogens with zero attached hydrogens (tertiary/aromatic N) is 1. The molecule has 5 nitrogen and oxygen atoms in total. The van der Waals surface area contributed by atoms with E-state index >= 15 is 0 Å². The number of hydrogen-bond donors (Lipinski definition) is 1. The topological polar surface area (TPSA) is 43.0 Å². The van der Waals surface area contributed by atoms with Gasteiger partial charge in [-0.15, -0.1) is 0 Å². The maximum atomic E-state index is 6.19. The lowest BCUT2D eigenvalue weighted by Gasteiger charge is -2.48. The summed E-state index contributed by atoms with van der Waals surface area (Å²) in [7, 11) is 1.70. The van der Waals surface area contributed by atoms with Gasteiger partial charge in [0.25, 0.3) is 0 Å². The molecule has 2 atom stereocenters. The number of methoxy groups -OCH3 is 1. The van der Waals surface area contributed by atoms with Crippen LogP contribution in [0.1, 0.15) is 31.4 Å². The molecule has 6 heteroatoms. The third-order valence-electron chi connectivity index (χ3n) is 5.38. The third-order valence-corrected chi connectivity index (χ3v) is 5.61. The van der Waals surface area contributed by atoms with Gasteiger partial charge in [0, 0.05) is 42.9 Å². The van der Waals surface area contributed by atoms with Gasteiger partial charge in [-0.25, -0.2) is 0 Å². The number of rotatable bonds is 6. The molecule has 140 valence electrons. The predicted octanol–water partition coefficient (Wildman–Crippen LogP) is 2.88. The highest BCUT2D eigenvalue weighted by molar-refractivity contribution is 6.30. The highest BCUT2D eigenvalue weighted by Crippen LogP contribution is 2.31. The van der Waals surface area contributed by atoms with Crippen molar-refractivity contribution in [3.05, 3.63) is 28.8 Å². The summed E-state index contributed by atoms with van der Waals surface area (Å²) in [5, 5.41) is 4.44. The number of benzene rings is 1. The summed E-state index contributed by atoms with van der Waals surface area (Å²) in [4.78, 5) is 2.55. The van der Waals surface area contributed by atoms with E-state index in [0.29, 0.717) is 0 Å². The summed E-state index contributed by atoms with van der Waals surface area (Å²) in [6, 6.07) is 5.92. The van der Waals surface area contributed by atoms with Gasteiger partial charge in [0.05, 0.1) is 32.5 Å². The largest absolute Gasteiger partial charge is 0.496 e. The van der Waals surface area contributed by atoms with E-state index in [0.717, 1.165) is 75.2 Å². The van der Waals surface area contributed by atoms with Crippen molar-refractivity contribution >= 4 is 11.6 Å². The molecule has 0 saturated carbocycles. The summed E-state index contributed by atoms with van der Waals surface area (Å²) in [6.07, 6.45) is 2.26. The normalized spacial score (nSPS) is 26.4. The Kier molecular flexibility index (Phi) is 6.58. The first-order valence-electron chi connectivity index (χ1n) is 9.12. The molecule has 0 aliphatic carbocycles. The molecule has 2 heterocycles. The van der Waals surface area contributed by atoms with Gasteiger partial charge in [-0.1, -0.05) is 11.6 Å². The van der Waals surface area contributed by atoms with Gasteiger partial charge in [-0.05, 0) is 38.0 Å². The molecule has 0 radical (unpaired) electrons. The molecule has 0 spiro atoms. The van der Waals surface area contributed by atoms with Crippen LogP contribution in [0.15, 0.2) is 18.2 Å². The third kappa shape index (κ3) is 4.47. The molecule has 1 aromatic carbocycles. The minimum atomic E-state index is 0.0438. The van der Waals surface area contributed by atoms with Crippen LogP contribution in [-0.4, -0.2) is 63.6 Å². The maximum absolute atomic E-state index is 6.19. The van der Waals surface area contributed by atoms with E-state index in [2.05, 4.69) is 17.1 Å². The smallest absolute Gasteiger partial charge is 0.123 e. The van der Waals surface area contributed by atoms with Gasteiger partial charge in [0.2, 0.25) is 0 Å². The van der Waals surface area contributed by atoms with Crippen LogP contribution in [-0.2, 0) is 9.47 Å². The second-order valence-corrected chi connectivity index (χ2v) is 7.41. The van der Waals surface area contributed by atoms with E-state index in [1.165, 1.54) is 0 Å². The molecule has 2 fully saturated rings. The first kappa shape index (κ1) is 18.9. The molecule has 25 heavy (non-hydrogen) atoms. The van der Waals surface area contributed by atoms with Crippen molar-refractivity contribution in [3.8, 4) is 5.75 Å². The lowest BCUT2D eigenvalue weighted by atomic mass is 9.89. The monoisotopic (exact) mass is 368 g/mol. The predicted molar refractivity (Wildman–Crippen MR) is 99.6 cm³/mol. The Morgan fingerprint density at radius 1 is 1.28 bits per heavy atom. The average molecular weight is 369 g/mol. The highest BCUT2D eigenvalue weighted by atomic mass is 35.5. The van der Waals surface area contributed by atoms with Crippen LogP contribution < -0.4 is 10.1 Å². The summed E-state index contributed by atoms with van der Waals surface area (Å²) in [5.74, 6) is 0.865. The van der Waals surface area contributed by atoms with Crippen molar-refractivity contribution in [1.82, 2.24) is 10.2 Å². The van der Waals surface area contributed by atoms with Gasteiger partial charge in [-0.2, -0.15) is 0 Å².